The van der Waals surface area contributed by atoms with Crippen molar-refractivity contribution in [2.24, 2.45) is 5.10 Å². The zero-order chi connectivity index (χ0) is 18.5. The number of hydrazone groups is 1. The molecule has 0 aliphatic rings. The number of benzene rings is 2. The lowest BCUT2D eigenvalue weighted by Crippen LogP contribution is -2.14. The van der Waals surface area contributed by atoms with E-state index in [1.807, 2.05) is 30.3 Å². The van der Waals surface area contributed by atoms with Gasteiger partial charge < -0.3 is 4.52 Å². The van der Waals surface area contributed by atoms with Crippen LogP contribution in [0, 0.1) is 11.3 Å². The highest BCUT2D eigenvalue weighted by Crippen LogP contribution is 2.23. The largest absolute Gasteiger partial charge is 0.356 e. The fourth-order valence-corrected chi connectivity index (χ4v) is 2.63. The Hall–Kier alpha value is -3.14. The summed E-state index contributed by atoms with van der Waals surface area (Å²) in [6, 6.07) is 17.0. The Bertz CT molecular complexity index is 1000. The monoisotopic (exact) mass is 384 g/mol. The van der Waals surface area contributed by atoms with Gasteiger partial charge in [-0.25, -0.2) is 0 Å². The lowest BCUT2D eigenvalue weighted by atomic mass is 10.1. The van der Waals surface area contributed by atoms with Crippen LogP contribution in [0.3, 0.4) is 0 Å². The van der Waals surface area contributed by atoms with Crippen LogP contribution in [0.1, 0.15) is 10.5 Å². The molecule has 0 radical (unpaired) electrons. The highest BCUT2D eigenvalue weighted by Gasteiger charge is 2.19. The molecule has 0 aliphatic carbocycles. The molecule has 0 bridgehead atoms. The van der Waals surface area contributed by atoms with E-state index >= 15 is 0 Å². The van der Waals surface area contributed by atoms with Crippen LogP contribution >= 0.6 is 23.2 Å². The van der Waals surface area contributed by atoms with E-state index in [4.69, 9.17) is 27.7 Å². The van der Waals surface area contributed by atoms with E-state index in [1.54, 1.807) is 24.3 Å². The SMILES string of the molecule is N#C/C(=N\Nc1cc(Cl)cc(Cl)c1)C(=O)c1cc(-c2ccccc2)on1. The molecule has 1 aromatic heterocycles. The minimum Gasteiger partial charge on any atom is -0.356 e. The molecule has 0 unspecified atom stereocenters. The summed E-state index contributed by atoms with van der Waals surface area (Å²) in [6.07, 6.45) is 0. The first-order valence-electron chi connectivity index (χ1n) is 7.33. The van der Waals surface area contributed by atoms with Gasteiger partial charge in [0.15, 0.2) is 11.5 Å². The third-order valence-corrected chi connectivity index (χ3v) is 3.72. The number of nitrogens with zero attached hydrogens (tertiary/aromatic N) is 3. The van der Waals surface area contributed by atoms with E-state index in [2.05, 4.69) is 15.7 Å². The maximum Gasteiger partial charge on any atom is 0.245 e. The maximum atomic E-state index is 12.4. The Morgan fingerprint density at radius 2 is 1.81 bits per heavy atom. The van der Waals surface area contributed by atoms with Gasteiger partial charge in [0.2, 0.25) is 11.5 Å². The standard InChI is InChI=1S/C18H10Cl2N4O2/c19-12-6-13(20)8-14(7-12)22-23-16(10-21)18(25)15-9-17(26-24-15)11-4-2-1-3-5-11/h1-9,22H/b23-16+. The van der Waals surface area contributed by atoms with E-state index in [0.717, 1.165) is 5.56 Å². The summed E-state index contributed by atoms with van der Waals surface area (Å²) in [5.41, 5.74) is 3.39. The van der Waals surface area contributed by atoms with E-state index in [1.165, 1.54) is 6.07 Å². The molecule has 0 spiro atoms. The number of rotatable bonds is 5. The molecule has 1 heterocycles. The summed E-state index contributed by atoms with van der Waals surface area (Å²) >= 11 is 11.8. The molecule has 3 rings (SSSR count). The summed E-state index contributed by atoms with van der Waals surface area (Å²) in [6.45, 7) is 0. The van der Waals surface area contributed by atoms with Crippen molar-refractivity contribution in [1.82, 2.24) is 5.16 Å². The first-order chi connectivity index (χ1) is 12.6. The molecule has 0 saturated heterocycles. The van der Waals surface area contributed by atoms with Gasteiger partial charge in [-0.2, -0.15) is 10.4 Å². The average Bonchev–Trinajstić information content (AvgIpc) is 3.12. The predicted molar refractivity (Wildman–Crippen MR) is 99.4 cm³/mol. The van der Waals surface area contributed by atoms with Crippen LogP contribution in [-0.4, -0.2) is 16.7 Å². The lowest BCUT2D eigenvalue weighted by molar-refractivity contribution is 0.105. The normalized spacial score (nSPS) is 11.0. The molecule has 0 aliphatic heterocycles. The molecule has 0 amide bonds. The number of carbonyl (C=O) groups is 1. The lowest BCUT2D eigenvalue weighted by Gasteiger charge is -2.02. The van der Waals surface area contributed by atoms with Crippen molar-refractivity contribution < 1.29 is 9.32 Å². The van der Waals surface area contributed by atoms with Gasteiger partial charge in [-0.1, -0.05) is 58.7 Å². The number of hydrogen-bond donors (Lipinski definition) is 1. The molecule has 6 nitrogen and oxygen atoms in total. The van der Waals surface area contributed by atoms with Crippen LogP contribution in [0.2, 0.25) is 10.0 Å². The Labute approximate surface area is 158 Å². The van der Waals surface area contributed by atoms with Gasteiger partial charge in [0, 0.05) is 21.7 Å². The van der Waals surface area contributed by atoms with Gasteiger partial charge >= 0.3 is 0 Å². The van der Waals surface area contributed by atoms with Crippen LogP contribution in [0.5, 0.6) is 0 Å². The molecule has 26 heavy (non-hydrogen) atoms. The second-order valence-corrected chi connectivity index (χ2v) is 5.99. The molecular weight excluding hydrogens is 375 g/mol. The Balaban J connectivity index is 1.81. The van der Waals surface area contributed by atoms with Crippen LogP contribution in [0.25, 0.3) is 11.3 Å². The molecule has 0 saturated carbocycles. The van der Waals surface area contributed by atoms with E-state index in [-0.39, 0.29) is 11.4 Å². The number of nitriles is 1. The minimum absolute atomic E-state index is 0.0184. The van der Waals surface area contributed by atoms with Gasteiger partial charge in [0.25, 0.3) is 0 Å². The van der Waals surface area contributed by atoms with Crippen LogP contribution < -0.4 is 5.43 Å². The van der Waals surface area contributed by atoms with Crippen molar-refractivity contribution in [3.8, 4) is 17.4 Å². The fourth-order valence-electron chi connectivity index (χ4n) is 2.11. The van der Waals surface area contributed by atoms with E-state index < -0.39 is 5.78 Å². The van der Waals surface area contributed by atoms with Gasteiger partial charge in [0.05, 0.1) is 5.69 Å². The quantitative estimate of drug-likeness (QED) is 0.386. The van der Waals surface area contributed by atoms with Crippen molar-refractivity contribution in [2.45, 2.75) is 0 Å². The molecule has 0 atom stereocenters. The number of halogens is 2. The topological polar surface area (TPSA) is 91.3 Å². The summed E-state index contributed by atoms with van der Waals surface area (Å²) in [5.74, 6) is -0.250. The van der Waals surface area contributed by atoms with Gasteiger partial charge in [-0.05, 0) is 18.2 Å². The second kappa shape index (κ2) is 7.83. The third kappa shape index (κ3) is 4.09. The molecule has 128 valence electrons. The molecule has 1 N–H and O–H groups in total. The molecule has 2 aromatic carbocycles. The molecule has 0 fully saturated rings. The van der Waals surface area contributed by atoms with Crippen molar-refractivity contribution in [3.63, 3.8) is 0 Å². The number of carbonyl (C=O) groups excluding carboxylic acids is 1. The van der Waals surface area contributed by atoms with Crippen LogP contribution in [-0.2, 0) is 0 Å². The van der Waals surface area contributed by atoms with Crippen molar-refractivity contribution in [3.05, 3.63) is 70.3 Å². The second-order valence-electron chi connectivity index (χ2n) is 5.11. The Kier molecular flexibility index (Phi) is 5.32. The highest BCUT2D eigenvalue weighted by atomic mass is 35.5. The van der Waals surface area contributed by atoms with E-state index in [0.29, 0.717) is 21.5 Å². The summed E-state index contributed by atoms with van der Waals surface area (Å²) in [5, 5.41) is 17.5. The number of aromatic nitrogens is 1. The zero-order valence-electron chi connectivity index (χ0n) is 13.1. The van der Waals surface area contributed by atoms with Crippen molar-refractivity contribution in [2.75, 3.05) is 5.43 Å². The maximum absolute atomic E-state index is 12.4. The van der Waals surface area contributed by atoms with Gasteiger partial charge in [0.1, 0.15) is 6.07 Å². The van der Waals surface area contributed by atoms with Crippen molar-refractivity contribution >= 4 is 40.4 Å². The number of nitrogens with one attached hydrogen (secondary N) is 1. The Morgan fingerprint density at radius 3 is 2.46 bits per heavy atom. The summed E-state index contributed by atoms with van der Waals surface area (Å²) in [4.78, 5) is 12.4. The third-order valence-electron chi connectivity index (χ3n) is 3.28. The fraction of sp³-hybridized carbons (Fsp3) is 0. The van der Waals surface area contributed by atoms with Crippen LogP contribution in [0.4, 0.5) is 5.69 Å². The van der Waals surface area contributed by atoms with Crippen LogP contribution in [0.15, 0.2) is 64.2 Å². The molecular formula is C18H10Cl2N4O2. The average molecular weight is 385 g/mol. The number of ketones is 1. The number of Topliss-reactive ketones (excluding diaryl/α,β-unsaturated/α-hetero) is 1. The summed E-state index contributed by atoms with van der Waals surface area (Å²) < 4.78 is 5.17. The number of anilines is 1. The van der Waals surface area contributed by atoms with E-state index in [9.17, 15) is 10.1 Å². The molecule has 8 heteroatoms. The smallest absolute Gasteiger partial charge is 0.245 e. The zero-order valence-corrected chi connectivity index (χ0v) is 14.6. The first-order valence-corrected chi connectivity index (χ1v) is 8.09. The van der Waals surface area contributed by atoms with Crippen molar-refractivity contribution in [1.29, 1.82) is 5.26 Å². The van der Waals surface area contributed by atoms with Gasteiger partial charge in [-0.15, -0.1) is 0 Å². The Morgan fingerprint density at radius 1 is 1.12 bits per heavy atom. The molecule has 3 aromatic rings. The number of hydrogen-bond acceptors (Lipinski definition) is 6. The van der Waals surface area contributed by atoms with Gasteiger partial charge in [-0.3, -0.25) is 10.2 Å². The highest BCUT2D eigenvalue weighted by molar-refractivity contribution is 6.51. The first kappa shape index (κ1) is 17.7. The minimum atomic E-state index is -0.668. The predicted octanol–water partition coefficient (Wildman–Crippen LogP) is 4.82. The summed E-state index contributed by atoms with van der Waals surface area (Å²) in [7, 11) is 0.